The molecule has 0 spiro atoms. The molecule has 1 aromatic carbocycles. The zero-order valence-electron chi connectivity index (χ0n) is 14.2. The second kappa shape index (κ2) is 9.20. The summed E-state index contributed by atoms with van der Waals surface area (Å²) >= 11 is 0. The third-order valence-electron chi connectivity index (χ3n) is 3.67. The zero-order valence-corrected chi connectivity index (χ0v) is 15.0. The molecule has 2 aromatic rings. The quantitative estimate of drug-likeness (QED) is 0.529. The van der Waals surface area contributed by atoms with Gasteiger partial charge in [-0.05, 0) is 25.5 Å². The van der Waals surface area contributed by atoms with Gasteiger partial charge in [-0.25, -0.2) is 4.57 Å². The van der Waals surface area contributed by atoms with Crippen LogP contribution < -0.4 is 31.9 Å². The lowest BCUT2D eigenvalue weighted by molar-refractivity contribution is -0.665. The van der Waals surface area contributed by atoms with Crippen LogP contribution in [0.15, 0.2) is 36.4 Å². The number of ether oxygens (including phenoxy) is 1. The number of hydrogen-bond donors (Lipinski definition) is 1. The van der Waals surface area contributed by atoms with Crippen molar-refractivity contribution in [3.8, 4) is 5.75 Å². The SMILES string of the molecule is CNc1nc(N(C)CCCOc2ccccc2)cc(C)[n+]1C.[Cl-]. The highest BCUT2D eigenvalue weighted by Crippen LogP contribution is 2.13. The fourth-order valence-corrected chi connectivity index (χ4v) is 2.21. The first-order chi connectivity index (χ1) is 10.6. The molecule has 2 rings (SSSR count). The van der Waals surface area contributed by atoms with E-state index in [9.17, 15) is 0 Å². The molecule has 23 heavy (non-hydrogen) atoms. The molecule has 1 heterocycles. The molecule has 0 aliphatic rings. The molecule has 0 fully saturated rings. The third kappa shape index (κ3) is 5.28. The van der Waals surface area contributed by atoms with Crippen molar-refractivity contribution in [3.63, 3.8) is 0 Å². The summed E-state index contributed by atoms with van der Waals surface area (Å²) in [7, 11) is 5.95. The predicted octanol–water partition coefficient (Wildman–Crippen LogP) is -0.834. The number of nitrogens with one attached hydrogen (secondary N) is 1. The summed E-state index contributed by atoms with van der Waals surface area (Å²) in [6.07, 6.45) is 0.946. The summed E-state index contributed by atoms with van der Waals surface area (Å²) in [6.45, 7) is 3.68. The molecule has 5 nitrogen and oxygen atoms in total. The number of aryl methyl sites for hydroxylation is 1. The maximum absolute atomic E-state index is 5.72. The van der Waals surface area contributed by atoms with E-state index in [4.69, 9.17) is 4.74 Å². The lowest BCUT2D eigenvalue weighted by atomic mass is 10.3. The van der Waals surface area contributed by atoms with Gasteiger partial charge in [-0.2, -0.15) is 0 Å². The van der Waals surface area contributed by atoms with E-state index in [-0.39, 0.29) is 12.4 Å². The van der Waals surface area contributed by atoms with Crippen molar-refractivity contribution in [1.82, 2.24) is 4.98 Å². The van der Waals surface area contributed by atoms with Crippen LogP contribution in [0.3, 0.4) is 0 Å². The highest BCUT2D eigenvalue weighted by Gasteiger charge is 2.14. The maximum atomic E-state index is 5.72. The molecule has 0 bridgehead atoms. The number of hydrogen-bond acceptors (Lipinski definition) is 4. The lowest BCUT2D eigenvalue weighted by Gasteiger charge is -2.17. The van der Waals surface area contributed by atoms with Crippen molar-refractivity contribution in [1.29, 1.82) is 0 Å². The monoisotopic (exact) mass is 336 g/mol. The Balaban J connectivity index is 0.00000264. The highest BCUT2D eigenvalue weighted by molar-refractivity contribution is 5.40. The minimum absolute atomic E-state index is 0. The minimum Gasteiger partial charge on any atom is -1.00 e. The fraction of sp³-hybridized carbons (Fsp3) is 0.412. The second-order valence-corrected chi connectivity index (χ2v) is 5.32. The Morgan fingerprint density at radius 2 is 1.96 bits per heavy atom. The van der Waals surface area contributed by atoms with Gasteiger partial charge >= 0.3 is 5.95 Å². The van der Waals surface area contributed by atoms with E-state index >= 15 is 0 Å². The minimum atomic E-state index is 0. The summed E-state index contributed by atoms with van der Waals surface area (Å²) in [6, 6.07) is 12.0. The molecular formula is C17H25ClN4O. The molecule has 0 aliphatic carbocycles. The fourth-order valence-electron chi connectivity index (χ4n) is 2.21. The summed E-state index contributed by atoms with van der Waals surface area (Å²) in [5.74, 6) is 2.75. The van der Waals surface area contributed by atoms with E-state index in [2.05, 4.69) is 35.2 Å². The lowest BCUT2D eigenvalue weighted by Crippen LogP contribution is -3.00. The van der Waals surface area contributed by atoms with Crippen LogP contribution in [0.4, 0.5) is 11.8 Å². The first-order valence-electron chi connectivity index (χ1n) is 7.56. The smallest absolute Gasteiger partial charge is 0.393 e. The Bertz CT molecular complexity index is 607. The number of rotatable bonds is 7. The Labute approximate surface area is 144 Å². The molecule has 0 saturated carbocycles. The normalized spacial score (nSPS) is 9.91. The highest BCUT2D eigenvalue weighted by atomic mass is 35.5. The van der Waals surface area contributed by atoms with Crippen LogP contribution in [0.1, 0.15) is 12.1 Å². The zero-order chi connectivity index (χ0) is 15.9. The topological polar surface area (TPSA) is 41.3 Å². The number of anilines is 2. The Morgan fingerprint density at radius 1 is 1.26 bits per heavy atom. The van der Waals surface area contributed by atoms with Gasteiger partial charge in [0.05, 0.1) is 26.4 Å². The van der Waals surface area contributed by atoms with E-state index in [0.29, 0.717) is 6.61 Å². The Morgan fingerprint density at radius 3 is 2.61 bits per heavy atom. The Hall–Kier alpha value is -2.01. The number of halogens is 1. The largest absolute Gasteiger partial charge is 1.00 e. The molecule has 0 unspecified atom stereocenters. The van der Waals surface area contributed by atoms with Crippen molar-refractivity contribution >= 4 is 11.8 Å². The molecule has 1 N–H and O–H groups in total. The summed E-state index contributed by atoms with van der Waals surface area (Å²) in [4.78, 5) is 6.78. The number of benzene rings is 1. The first kappa shape index (κ1) is 19.0. The molecular weight excluding hydrogens is 312 g/mol. The second-order valence-electron chi connectivity index (χ2n) is 5.32. The first-order valence-corrected chi connectivity index (χ1v) is 7.56. The number of para-hydroxylation sites is 1. The van der Waals surface area contributed by atoms with Crippen molar-refractivity contribution in [2.24, 2.45) is 7.05 Å². The number of nitrogens with zero attached hydrogens (tertiary/aromatic N) is 3. The molecule has 0 atom stereocenters. The molecule has 0 saturated heterocycles. The average molecular weight is 337 g/mol. The van der Waals surface area contributed by atoms with Gasteiger partial charge in [0.1, 0.15) is 5.75 Å². The van der Waals surface area contributed by atoms with Gasteiger partial charge in [0.2, 0.25) is 5.82 Å². The van der Waals surface area contributed by atoms with Crippen LogP contribution in [0, 0.1) is 6.92 Å². The van der Waals surface area contributed by atoms with Crippen LogP contribution in [0.5, 0.6) is 5.75 Å². The van der Waals surface area contributed by atoms with E-state index in [1.165, 1.54) is 5.69 Å². The van der Waals surface area contributed by atoms with Gasteiger partial charge in [-0.15, -0.1) is 0 Å². The van der Waals surface area contributed by atoms with Gasteiger partial charge in [-0.1, -0.05) is 23.2 Å². The van der Waals surface area contributed by atoms with Crippen molar-refractivity contribution in [2.75, 3.05) is 37.5 Å². The molecule has 1 aromatic heterocycles. The van der Waals surface area contributed by atoms with Crippen LogP contribution in [0.25, 0.3) is 0 Å². The van der Waals surface area contributed by atoms with Gasteiger partial charge in [0.25, 0.3) is 0 Å². The molecule has 0 aliphatic heterocycles. The van der Waals surface area contributed by atoms with Gasteiger partial charge < -0.3 is 22.0 Å². The molecule has 0 radical (unpaired) electrons. The van der Waals surface area contributed by atoms with Crippen molar-refractivity contribution in [2.45, 2.75) is 13.3 Å². The van der Waals surface area contributed by atoms with Crippen molar-refractivity contribution < 1.29 is 21.7 Å². The van der Waals surface area contributed by atoms with E-state index in [1.807, 2.05) is 49.0 Å². The maximum Gasteiger partial charge on any atom is 0.393 e. The summed E-state index contributed by atoms with van der Waals surface area (Å²) < 4.78 is 7.75. The van der Waals surface area contributed by atoms with Crippen LogP contribution in [-0.4, -0.2) is 32.2 Å². The van der Waals surface area contributed by atoms with Gasteiger partial charge in [0, 0.05) is 19.7 Å². The van der Waals surface area contributed by atoms with Gasteiger partial charge in [0.15, 0.2) is 0 Å². The van der Waals surface area contributed by atoms with E-state index in [0.717, 1.165) is 30.5 Å². The van der Waals surface area contributed by atoms with Crippen LogP contribution >= 0.6 is 0 Å². The number of aromatic nitrogens is 2. The van der Waals surface area contributed by atoms with Crippen molar-refractivity contribution in [3.05, 3.63) is 42.1 Å². The van der Waals surface area contributed by atoms with Crippen LogP contribution in [-0.2, 0) is 7.05 Å². The van der Waals surface area contributed by atoms with Gasteiger partial charge in [-0.3, -0.25) is 5.32 Å². The average Bonchev–Trinajstić information content (AvgIpc) is 2.54. The molecule has 0 amide bonds. The third-order valence-corrected chi connectivity index (χ3v) is 3.67. The predicted molar refractivity (Wildman–Crippen MR) is 89.5 cm³/mol. The Kier molecular flexibility index (Phi) is 7.62. The summed E-state index contributed by atoms with van der Waals surface area (Å²) in [5, 5.41) is 3.12. The van der Waals surface area contributed by atoms with E-state index in [1.54, 1.807) is 0 Å². The van der Waals surface area contributed by atoms with E-state index < -0.39 is 0 Å². The standard InChI is InChI=1S/C17H24N4O.ClH/c1-14-13-16(19-17(18-2)21(14)4)20(3)11-8-12-22-15-9-6-5-7-10-15;/h5-7,9-10,13H,8,11-12H2,1-4H3;1H. The van der Waals surface area contributed by atoms with Crippen LogP contribution in [0.2, 0.25) is 0 Å². The molecule has 6 heteroatoms. The molecule has 126 valence electrons. The summed E-state index contributed by atoms with van der Waals surface area (Å²) in [5.41, 5.74) is 1.17.